The van der Waals surface area contributed by atoms with E-state index < -0.39 is 10.5 Å². The molecule has 0 unspecified atom stereocenters. The lowest BCUT2D eigenvalue weighted by Crippen LogP contribution is -2.33. The van der Waals surface area contributed by atoms with Gasteiger partial charge in [-0.2, -0.15) is 0 Å². The minimum Gasteiger partial charge on any atom is -0.354 e. The number of hydrogen-bond donors (Lipinski definition) is 1. The molecule has 1 N–H and O–H groups in total. The average molecular weight is 385 g/mol. The number of benzene rings is 1. The van der Waals surface area contributed by atoms with E-state index in [2.05, 4.69) is 52.1 Å². The smallest absolute Gasteiger partial charge is 0.285 e. The van der Waals surface area contributed by atoms with Crippen LogP contribution in [0.1, 0.15) is 43.0 Å². The maximum absolute atomic E-state index is 12.2. The Morgan fingerprint density at radius 2 is 1.79 bits per heavy atom. The van der Waals surface area contributed by atoms with Crippen LogP contribution in [0.15, 0.2) is 35.3 Å². The number of aromatic nitrogens is 1. The quantitative estimate of drug-likeness (QED) is 0.611. The normalized spacial score (nSPS) is 11.3. The van der Waals surface area contributed by atoms with Crippen molar-refractivity contribution in [3.63, 3.8) is 0 Å². The Kier molecular flexibility index (Phi) is 6.38. The Labute approximate surface area is 164 Å². The van der Waals surface area contributed by atoms with E-state index in [9.17, 15) is 19.7 Å². The average Bonchev–Trinajstić information content (AvgIpc) is 2.58. The zero-order chi connectivity index (χ0) is 21.1. The molecule has 0 saturated carbocycles. The fraction of sp³-hybridized carbons (Fsp3) is 0.429. The van der Waals surface area contributed by atoms with Crippen LogP contribution in [0.2, 0.25) is 0 Å². The second kappa shape index (κ2) is 8.37. The van der Waals surface area contributed by atoms with Crippen molar-refractivity contribution >= 4 is 11.6 Å². The number of amides is 1. The summed E-state index contributed by atoms with van der Waals surface area (Å²) >= 11 is 0. The van der Waals surface area contributed by atoms with Gasteiger partial charge in [0.15, 0.2) is 0 Å². The van der Waals surface area contributed by atoms with Crippen LogP contribution in [-0.2, 0) is 23.2 Å². The van der Waals surface area contributed by atoms with Crippen molar-refractivity contribution in [1.29, 1.82) is 0 Å². The predicted octanol–water partition coefficient (Wildman–Crippen LogP) is 3.03. The molecule has 0 saturated heterocycles. The molecule has 7 heteroatoms. The molecule has 0 aliphatic carbocycles. The van der Waals surface area contributed by atoms with Gasteiger partial charge in [0.05, 0.1) is 11.1 Å². The summed E-state index contributed by atoms with van der Waals surface area (Å²) in [6.07, 6.45) is 1.76. The Morgan fingerprint density at radius 3 is 2.32 bits per heavy atom. The van der Waals surface area contributed by atoms with Crippen LogP contribution < -0.4 is 10.9 Å². The third-order valence-corrected chi connectivity index (χ3v) is 4.75. The van der Waals surface area contributed by atoms with Gasteiger partial charge in [-0.15, -0.1) is 0 Å². The molecule has 0 atom stereocenters. The van der Waals surface area contributed by atoms with Gasteiger partial charge in [0.25, 0.3) is 11.2 Å². The number of pyridine rings is 1. The number of nitrogens with zero attached hydrogens (tertiary/aromatic N) is 2. The molecular weight excluding hydrogens is 358 g/mol. The van der Waals surface area contributed by atoms with E-state index in [1.165, 1.54) is 22.3 Å². The second-order valence-electron chi connectivity index (χ2n) is 8.05. The van der Waals surface area contributed by atoms with Crippen molar-refractivity contribution in [2.24, 2.45) is 0 Å². The predicted molar refractivity (Wildman–Crippen MR) is 109 cm³/mol. The number of nitrogens with one attached hydrogen (secondary N) is 1. The SMILES string of the molecule is Cc1cc(C(C)(C)C)cc(C)c1CCNC(=O)Cn1cc([N+](=O)[O-])ccc1=O. The van der Waals surface area contributed by atoms with Crippen molar-refractivity contribution in [1.82, 2.24) is 9.88 Å². The van der Waals surface area contributed by atoms with E-state index in [1.54, 1.807) is 0 Å². The van der Waals surface area contributed by atoms with E-state index in [0.717, 1.165) is 22.9 Å². The molecule has 0 aliphatic rings. The first-order valence-corrected chi connectivity index (χ1v) is 9.21. The Balaban J connectivity index is 2.01. The molecule has 0 bridgehead atoms. The number of carbonyl (C=O) groups excluding carboxylic acids is 1. The van der Waals surface area contributed by atoms with Gasteiger partial charge in [0.1, 0.15) is 6.54 Å². The van der Waals surface area contributed by atoms with Crippen LogP contribution in [0.4, 0.5) is 5.69 Å². The molecule has 0 spiro atoms. The van der Waals surface area contributed by atoms with E-state index >= 15 is 0 Å². The highest BCUT2D eigenvalue weighted by molar-refractivity contribution is 5.75. The Hall–Kier alpha value is -2.96. The molecule has 1 aromatic carbocycles. The maximum atomic E-state index is 12.2. The number of carbonyl (C=O) groups is 1. The minimum atomic E-state index is -0.597. The highest BCUT2D eigenvalue weighted by Crippen LogP contribution is 2.27. The summed E-state index contributed by atoms with van der Waals surface area (Å²) in [5.41, 5.74) is 4.25. The molecule has 0 aliphatic heterocycles. The van der Waals surface area contributed by atoms with Gasteiger partial charge in [-0.25, -0.2) is 0 Å². The summed E-state index contributed by atoms with van der Waals surface area (Å²) in [7, 11) is 0. The van der Waals surface area contributed by atoms with Crippen LogP contribution in [0.3, 0.4) is 0 Å². The third kappa shape index (κ3) is 5.28. The molecule has 0 fully saturated rings. The van der Waals surface area contributed by atoms with Gasteiger partial charge in [-0.3, -0.25) is 24.3 Å². The highest BCUT2D eigenvalue weighted by atomic mass is 16.6. The number of nitro groups is 1. The fourth-order valence-electron chi connectivity index (χ4n) is 3.11. The van der Waals surface area contributed by atoms with Crippen molar-refractivity contribution in [2.75, 3.05) is 6.54 Å². The lowest BCUT2D eigenvalue weighted by Gasteiger charge is -2.22. The Morgan fingerprint density at radius 1 is 1.18 bits per heavy atom. The van der Waals surface area contributed by atoms with Crippen LogP contribution in [0.25, 0.3) is 0 Å². The molecule has 150 valence electrons. The molecular formula is C21H27N3O4. The summed E-state index contributed by atoms with van der Waals surface area (Å²) in [5, 5.41) is 13.6. The van der Waals surface area contributed by atoms with Crippen LogP contribution in [0.5, 0.6) is 0 Å². The molecule has 7 nitrogen and oxygen atoms in total. The number of hydrogen-bond acceptors (Lipinski definition) is 4. The van der Waals surface area contributed by atoms with Gasteiger partial charge in [0, 0.05) is 18.7 Å². The van der Waals surface area contributed by atoms with Crippen LogP contribution in [-0.4, -0.2) is 21.9 Å². The molecule has 1 heterocycles. The molecule has 1 amide bonds. The molecule has 28 heavy (non-hydrogen) atoms. The van der Waals surface area contributed by atoms with Gasteiger partial charge in [-0.1, -0.05) is 32.9 Å². The summed E-state index contributed by atoms with van der Waals surface area (Å²) in [4.78, 5) is 34.2. The van der Waals surface area contributed by atoms with Crippen molar-refractivity contribution in [3.8, 4) is 0 Å². The van der Waals surface area contributed by atoms with Crippen molar-refractivity contribution in [2.45, 2.75) is 53.0 Å². The first-order valence-electron chi connectivity index (χ1n) is 9.21. The molecule has 2 rings (SSSR count). The summed E-state index contributed by atoms with van der Waals surface area (Å²) in [6, 6.07) is 6.60. The van der Waals surface area contributed by atoms with Gasteiger partial charge < -0.3 is 5.32 Å². The topological polar surface area (TPSA) is 94.2 Å². The highest BCUT2D eigenvalue weighted by Gasteiger charge is 2.16. The maximum Gasteiger partial charge on any atom is 0.285 e. The van der Waals surface area contributed by atoms with Gasteiger partial charge >= 0.3 is 0 Å². The monoisotopic (exact) mass is 385 g/mol. The van der Waals surface area contributed by atoms with Crippen molar-refractivity contribution in [3.05, 3.63) is 73.2 Å². The number of rotatable bonds is 6. The Bertz CT molecular complexity index is 932. The standard InChI is InChI=1S/C21H27N3O4/c1-14-10-16(21(3,4)5)11-15(2)18(14)8-9-22-19(25)13-23-12-17(24(27)28)6-7-20(23)26/h6-7,10-12H,8-9,13H2,1-5H3,(H,22,25). The third-order valence-electron chi connectivity index (χ3n) is 4.75. The van der Waals surface area contributed by atoms with Gasteiger partial charge in [0.2, 0.25) is 5.91 Å². The molecule has 0 radical (unpaired) electrons. The number of aryl methyl sites for hydroxylation is 2. The van der Waals surface area contributed by atoms with E-state index in [-0.39, 0.29) is 23.6 Å². The largest absolute Gasteiger partial charge is 0.354 e. The zero-order valence-electron chi connectivity index (χ0n) is 17.0. The van der Waals surface area contributed by atoms with Gasteiger partial charge in [-0.05, 0) is 47.9 Å². The van der Waals surface area contributed by atoms with Crippen LogP contribution in [0, 0.1) is 24.0 Å². The van der Waals surface area contributed by atoms with Crippen LogP contribution >= 0.6 is 0 Å². The minimum absolute atomic E-state index is 0.0772. The van der Waals surface area contributed by atoms with Crippen molar-refractivity contribution < 1.29 is 9.72 Å². The fourth-order valence-corrected chi connectivity index (χ4v) is 3.11. The molecule has 2 aromatic rings. The first-order chi connectivity index (χ1) is 13.0. The summed E-state index contributed by atoms with van der Waals surface area (Å²) in [6.45, 7) is 10.9. The summed E-state index contributed by atoms with van der Waals surface area (Å²) in [5.74, 6) is -0.357. The first kappa shape index (κ1) is 21.3. The lowest BCUT2D eigenvalue weighted by molar-refractivity contribution is -0.385. The van der Waals surface area contributed by atoms with E-state index in [0.29, 0.717) is 13.0 Å². The lowest BCUT2D eigenvalue weighted by atomic mass is 9.83. The van der Waals surface area contributed by atoms with E-state index in [1.807, 2.05) is 0 Å². The van der Waals surface area contributed by atoms with E-state index in [4.69, 9.17) is 0 Å². The zero-order valence-corrected chi connectivity index (χ0v) is 17.0. The second-order valence-corrected chi connectivity index (χ2v) is 8.05. The summed E-state index contributed by atoms with van der Waals surface area (Å²) < 4.78 is 1.04. The molecule has 1 aromatic heterocycles.